The van der Waals surface area contributed by atoms with Gasteiger partial charge in [0.2, 0.25) is 0 Å². The van der Waals surface area contributed by atoms with Gasteiger partial charge in [-0.25, -0.2) is 9.59 Å². The van der Waals surface area contributed by atoms with Crippen LogP contribution in [0.25, 0.3) is 6.08 Å². The lowest BCUT2D eigenvalue weighted by atomic mass is 10.1. The first kappa shape index (κ1) is 28.3. The van der Waals surface area contributed by atoms with Gasteiger partial charge in [0.15, 0.2) is 0 Å². The highest BCUT2D eigenvalue weighted by Crippen LogP contribution is 2.13. The average molecular weight is 498 g/mol. The van der Waals surface area contributed by atoms with Crippen LogP contribution in [0.2, 0.25) is 0 Å². The van der Waals surface area contributed by atoms with E-state index in [4.69, 9.17) is 19.0 Å². The van der Waals surface area contributed by atoms with E-state index in [-0.39, 0.29) is 44.8 Å². The standard InChI is InChI=1S/C27H31NO8/c1-4-34-25(30)14-16-28(24(29)15-17-33-3)36-26(31)20(2)18-21-10-12-23(13-11-21)27(32)35-19-22-8-6-5-7-9-22/h5-13,18H,4,14-17,19H2,1-3H3. The molecule has 0 aliphatic carbocycles. The van der Waals surface area contributed by atoms with Crippen molar-refractivity contribution in [2.24, 2.45) is 0 Å². The predicted molar refractivity (Wildman–Crippen MR) is 131 cm³/mol. The van der Waals surface area contributed by atoms with E-state index >= 15 is 0 Å². The molecule has 0 bridgehead atoms. The molecule has 0 aliphatic rings. The summed E-state index contributed by atoms with van der Waals surface area (Å²) in [6.45, 7) is 3.59. The number of nitrogens with zero attached hydrogens (tertiary/aromatic N) is 1. The van der Waals surface area contributed by atoms with Crippen LogP contribution in [-0.4, -0.2) is 55.7 Å². The van der Waals surface area contributed by atoms with Gasteiger partial charge in [-0.05, 0) is 43.2 Å². The van der Waals surface area contributed by atoms with E-state index in [1.165, 1.54) is 14.0 Å². The molecule has 0 N–H and O–H groups in total. The summed E-state index contributed by atoms with van der Waals surface area (Å²) in [6.07, 6.45) is 1.42. The topological polar surface area (TPSA) is 108 Å². The van der Waals surface area contributed by atoms with Crippen molar-refractivity contribution < 1.29 is 38.2 Å². The molecular weight excluding hydrogens is 466 g/mol. The number of rotatable bonds is 12. The molecule has 0 aromatic heterocycles. The normalized spacial score (nSPS) is 10.9. The number of hydrogen-bond donors (Lipinski definition) is 0. The van der Waals surface area contributed by atoms with Crippen LogP contribution >= 0.6 is 0 Å². The summed E-state index contributed by atoms with van der Waals surface area (Å²) in [4.78, 5) is 54.2. The molecular formula is C27H31NO8. The molecule has 0 fully saturated rings. The van der Waals surface area contributed by atoms with E-state index in [9.17, 15) is 19.2 Å². The lowest BCUT2D eigenvalue weighted by Gasteiger charge is -2.21. The molecule has 0 aliphatic heterocycles. The third-order valence-electron chi connectivity index (χ3n) is 4.88. The van der Waals surface area contributed by atoms with Crippen LogP contribution in [0.3, 0.4) is 0 Å². The molecule has 9 heteroatoms. The van der Waals surface area contributed by atoms with Gasteiger partial charge in [-0.2, -0.15) is 5.06 Å². The summed E-state index contributed by atoms with van der Waals surface area (Å²) >= 11 is 0. The van der Waals surface area contributed by atoms with Gasteiger partial charge in [-0.3, -0.25) is 9.59 Å². The molecule has 0 spiro atoms. The first-order valence-corrected chi connectivity index (χ1v) is 11.5. The highest BCUT2D eigenvalue weighted by atomic mass is 16.7. The Hall–Kier alpha value is -3.98. The zero-order valence-electron chi connectivity index (χ0n) is 20.7. The third kappa shape index (κ3) is 9.71. The van der Waals surface area contributed by atoms with E-state index in [1.807, 2.05) is 30.3 Å². The van der Waals surface area contributed by atoms with Crippen LogP contribution in [-0.2, 0) is 40.0 Å². The summed E-state index contributed by atoms with van der Waals surface area (Å²) in [6, 6.07) is 15.9. The number of hydrogen-bond acceptors (Lipinski definition) is 8. The Morgan fingerprint density at radius 2 is 1.61 bits per heavy atom. The molecule has 0 unspecified atom stereocenters. The Labute approximate surface area is 210 Å². The van der Waals surface area contributed by atoms with Crippen LogP contribution in [0.5, 0.6) is 0 Å². The molecule has 9 nitrogen and oxygen atoms in total. The molecule has 2 rings (SSSR count). The number of amides is 1. The molecule has 0 saturated heterocycles. The van der Waals surface area contributed by atoms with Crippen molar-refractivity contribution in [2.75, 3.05) is 26.9 Å². The molecule has 0 atom stereocenters. The minimum Gasteiger partial charge on any atom is -0.466 e. The Morgan fingerprint density at radius 3 is 2.25 bits per heavy atom. The number of carbonyl (C=O) groups excluding carboxylic acids is 4. The predicted octanol–water partition coefficient (Wildman–Crippen LogP) is 3.72. The second-order valence-electron chi connectivity index (χ2n) is 7.68. The first-order valence-electron chi connectivity index (χ1n) is 11.5. The number of carbonyl (C=O) groups is 4. The molecule has 0 heterocycles. The Morgan fingerprint density at radius 1 is 0.917 bits per heavy atom. The summed E-state index contributed by atoms with van der Waals surface area (Å²) in [5.74, 6) is -2.22. The van der Waals surface area contributed by atoms with Crippen molar-refractivity contribution in [3.63, 3.8) is 0 Å². The Bertz CT molecular complexity index is 1050. The first-order chi connectivity index (χ1) is 17.3. The van der Waals surface area contributed by atoms with Crippen LogP contribution in [0.4, 0.5) is 0 Å². The second kappa shape index (κ2) is 15.1. The fourth-order valence-corrected chi connectivity index (χ4v) is 2.96. The molecule has 36 heavy (non-hydrogen) atoms. The SMILES string of the molecule is CCOC(=O)CCN(OC(=O)C(C)=Cc1ccc(C(=O)OCc2ccccc2)cc1)C(=O)CCOC. The molecule has 192 valence electrons. The largest absolute Gasteiger partial charge is 0.466 e. The highest BCUT2D eigenvalue weighted by Gasteiger charge is 2.21. The van der Waals surface area contributed by atoms with Gasteiger partial charge >= 0.3 is 17.9 Å². The quantitative estimate of drug-likeness (QED) is 0.248. The number of hydroxylamine groups is 2. The lowest BCUT2D eigenvalue weighted by Crippen LogP contribution is -2.36. The summed E-state index contributed by atoms with van der Waals surface area (Å²) in [5.41, 5.74) is 2.12. The monoisotopic (exact) mass is 497 g/mol. The second-order valence-corrected chi connectivity index (χ2v) is 7.68. The van der Waals surface area contributed by atoms with Gasteiger partial charge in [-0.15, -0.1) is 0 Å². The van der Waals surface area contributed by atoms with E-state index in [0.29, 0.717) is 11.1 Å². The van der Waals surface area contributed by atoms with Crippen LogP contribution in [0.15, 0.2) is 60.2 Å². The maximum Gasteiger partial charge on any atom is 0.358 e. The van der Waals surface area contributed by atoms with Gasteiger partial charge in [-0.1, -0.05) is 42.5 Å². The highest BCUT2D eigenvalue weighted by molar-refractivity contribution is 5.94. The van der Waals surface area contributed by atoms with Crippen LogP contribution in [0.1, 0.15) is 48.2 Å². The number of ether oxygens (including phenoxy) is 3. The van der Waals surface area contributed by atoms with Gasteiger partial charge in [0.05, 0.1) is 38.2 Å². The number of methoxy groups -OCH3 is 1. The Kier molecular flexibility index (Phi) is 11.9. The molecule has 0 saturated carbocycles. The summed E-state index contributed by atoms with van der Waals surface area (Å²) in [5, 5.41) is 0.849. The van der Waals surface area contributed by atoms with Crippen molar-refractivity contribution in [3.05, 3.63) is 76.9 Å². The maximum atomic E-state index is 12.6. The lowest BCUT2D eigenvalue weighted by molar-refractivity contribution is -0.196. The van der Waals surface area contributed by atoms with Crippen molar-refractivity contribution in [2.45, 2.75) is 33.3 Å². The number of benzene rings is 2. The van der Waals surface area contributed by atoms with Gasteiger partial charge in [0.25, 0.3) is 5.91 Å². The van der Waals surface area contributed by atoms with Crippen molar-refractivity contribution >= 4 is 29.9 Å². The van der Waals surface area contributed by atoms with Crippen molar-refractivity contribution in [3.8, 4) is 0 Å². The maximum absolute atomic E-state index is 12.6. The molecule has 1 amide bonds. The Balaban J connectivity index is 1.98. The van der Waals surface area contributed by atoms with Crippen LogP contribution < -0.4 is 0 Å². The number of esters is 2. The van der Waals surface area contributed by atoms with E-state index in [0.717, 1.165) is 10.6 Å². The van der Waals surface area contributed by atoms with E-state index in [2.05, 4.69) is 0 Å². The van der Waals surface area contributed by atoms with Gasteiger partial charge in [0.1, 0.15) is 6.61 Å². The molecule has 2 aromatic carbocycles. The fourth-order valence-electron chi connectivity index (χ4n) is 2.96. The molecule has 2 aromatic rings. The van der Waals surface area contributed by atoms with Crippen LogP contribution in [0, 0.1) is 0 Å². The zero-order valence-corrected chi connectivity index (χ0v) is 20.7. The third-order valence-corrected chi connectivity index (χ3v) is 4.88. The minimum atomic E-state index is -0.754. The zero-order chi connectivity index (χ0) is 26.3. The minimum absolute atomic E-state index is 0.0167. The fraction of sp³-hybridized carbons (Fsp3) is 0.333. The van der Waals surface area contributed by atoms with E-state index < -0.39 is 23.8 Å². The van der Waals surface area contributed by atoms with Gasteiger partial charge < -0.3 is 19.0 Å². The smallest absolute Gasteiger partial charge is 0.358 e. The van der Waals surface area contributed by atoms with Gasteiger partial charge in [0, 0.05) is 12.7 Å². The summed E-state index contributed by atoms with van der Waals surface area (Å²) < 4.78 is 15.1. The van der Waals surface area contributed by atoms with Crippen molar-refractivity contribution in [1.82, 2.24) is 5.06 Å². The molecule has 0 radical (unpaired) electrons. The van der Waals surface area contributed by atoms with E-state index in [1.54, 1.807) is 37.3 Å². The average Bonchev–Trinajstić information content (AvgIpc) is 2.89. The summed E-state index contributed by atoms with van der Waals surface area (Å²) in [7, 11) is 1.45. The van der Waals surface area contributed by atoms with Crippen molar-refractivity contribution in [1.29, 1.82) is 0 Å².